The first-order chi connectivity index (χ1) is 13.2. The van der Waals surface area contributed by atoms with Crippen LogP contribution in [0.15, 0.2) is 17.9 Å². The summed E-state index contributed by atoms with van der Waals surface area (Å²) in [7, 11) is 0. The van der Waals surface area contributed by atoms with E-state index >= 15 is 0 Å². The maximum atomic E-state index is 12.1. The number of aliphatic hydroxyl groups is 1. The van der Waals surface area contributed by atoms with E-state index in [4.69, 9.17) is 4.74 Å². The standard InChI is InChI=1S/C20H34N2O5S/c1-4-5-6-7-8-9-10-17(24)27-15-20(2,3)18(25)19(26)22-12-11-16(23)21-13-14-28/h7,9,18,25,28H,4-6,10-15H2,1-3H3,(H,21,23)(H,22,26)/t8?,18-/m1/s1. The van der Waals surface area contributed by atoms with Crippen LogP contribution in [0.3, 0.4) is 0 Å². The number of aliphatic hydroxyl groups excluding tert-OH is 1. The van der Waals surface area contributed by atoms with E-state index in [-0.39, 0.29) is 31.9 Å². The van der Waals surface area contributed by atoms with E-state index in [2.05, 4.69) is 35.9 Å². The normalized spacial score (nSPS) is 11.8. The average Bonchev–Trinajstić information content (AvgIpc) is 2.66. The first-order valence-corrected chi connectivity index (χ1v) is 10.3. The third kappa shape index (κ3) is 12.6. The third-order valence-corrected chi connectivity index (χ3v) is 4.11. The summed E-state index contributed by atoms with van der Waals surface area (Å²) < 4.78 is 5.16. The molecule has 0 aliphatic carbocycles. The van der Waals surface area contributed by atoms with Crippen LogP contribution >= 0.6 is 12.6 Å². The molecule has 1 atom stereocenters. The van der Waals surface area contributed by atoms with Gasteiger partial charge in [-0.05, 0) is 25.0 Å². The largest absolute Gasteiger partial charge is 0.465 e. The fraction of sp³-hybridized carbons (Fsp3) is 0.700. The zero-order valence-electron chi connectivity index (χ0n) is 17.1. The number of thiol groups is 1. The first-order valence-electron chi connectivity index (χ1n) is 9.63. The van der Waals surface area contributed by atoms with Crippen LogP contribution in [0, 0.1) is 5.41 Å². The minimum absolute atomic E-state index is 0.0857. The number of amides is 2. The molecule has 0 bridgehead atoms. The van der Waals surface area contributed by atoms with Crippen molar-refractivity contribution in [1.82, 2.24) is 10.6 Å². The molecule has 0 saturated carbocycles. The molecule has 160 valence electrons. The second-order valence-corrected chi connectivity index (χ2v) is 7.53. The molecule has 0 aromatic heterocycles. The molecule has 0 heterocycles. The Hall–Kier alpha value is -1.76. The molecule has 3 N–H and O–H groups in total. The predicted octanol–water partition coefficient (Wildman–Crippen LogP) is 1.76. The van der Waals surface area contributed by atoms with Crippen LogP contribution in [0.2, 0.25) is 0 Å². The van der Waals surface area contributed by atoms with E-state index in [1.807, 2.05) is 6.08 Å². The Morgan fingerprint density at radius 2 is 1.93 bits per heavy atom. The number of carbonyl (C=O) groups is 3. The first kappa shape index (κ1) is 26.2. The molecule has 2 amide bonds. The van der Waals surface area contributed by atoms with Gasteiger partial charge in [0.2, 0.25) is 11.8 Å². The number of carbonyl (C=O) groups excluding carboxylic acids is 3. The van der Waals surface area contributed by atoms with Crippen molar-refractivity contribution < 1.29 is 24.2 Å². The van der Waals surface area contributed by atoms with Crippen molar-refractivity contribution in [2.24, 2.45) is 5.41 Å². The molecule has 0 radical (unpaired) electrons. The molecular weight excluding hydrogens is 380 g/mol. The zero-order valence-corrected chi connectivity index (χ0v) is 18.0. The second kappa shape index (κ2) is 15.2. The molecule has 0 saturated heterocycles. The molecule has 0 aromatic rings. The van der Waals surface area contributed by atoms with Crippen LogP contribution in [0.1, 0.15) is 52.9 Å². The molecule has 0 rings (SSSR count). The van der Waals surface area contributed by atoms with Crippen molar-refractivity contribution in [3.05, 3.63) is 17.9 Å². The van der Waals surface area contributed by atoms with Crippen LogP contribution in [0.25, 0.3) is 0 Å². The minimum Gasteiger partial charge on any atom is -0.465 e. The molecule has 7 nitrogen and oxygen atoms in total. The summed E-state index contributed by atoms with van der Waals surface area (Å²) in [5, 5.41) is 15.4. The van der Waals surface area contributed by atoms with E-state index < -0.39 is 23.4 Å². The van der Waals surface area contributed by atoms with Gasteiger partial charge >= 0.3 is 5.97 Å². The highest BCUT2D eigenvalue weighted by Gasteiger charge is 2.34. The number of esters is 1. The van der Waals surface area contributed by atoms with Gasteiger partial charge in [-0.3, -0.25) is 14.4 Å². The van der Waals surface area contributed by atoms with Gasteiger partial charge in [-0.25, -0.2) is 0 Å². The third-order valence-electron chi connectivity index (χ3n) is 3.89. The lowest BCUT2D eigenvalue weighted by Crippen LogP contribution is -2.47. The van der Waals surface area contributed by atoms with Crippen LogP contribution in [-0.2, 0) is 19.1 Å². The number of hydrogen-bond donors (Lipinski definition) is 4. The summed E-state index contributed by atoms with van der Waals surface area (Å²) in [6.07, 6.45) is 5.43. The van der Waals surface area contributed by atoms with Gasteiger partial charge in [0, 0.05) is 30.7 Å². The van der Waals surface area contributed by atoms with Crippen LogP contribution < -0.4 is 10.6 Å². The topological polar surface area (TPSA) is 105 Å². The van der Waals surface area contributed by atoms with Crippen LogP contribution in [-0.4, -0.2) is 54.4 Å². The lowest BCUT2D eigenvalue weighted by atomic mass is 9.87. The average molecular weight is 415 g/mol. The monoisotopic (exact) mass is 414 g/mol. The van der Waals surface area contributed by atoms with Gasteiger partial charge in [0.1, 0.15) is 6.10 Å². The Bertz CT molecular complexity index is 557. The second-order valence-electron chi connectivity index (χ2n) is 7.09. The molecule has 28 heavy (non-hydrogen) atoms. The van der Waals surface area contributed by atoms with Crippen LogP contribution in [0.5, 0.6) is 0 Å². The van der Waals surface area contributed by atoms with Gasteiger partial charge in [0.05, 0.1) is 13.0 Å². The highest BCUT2D eigenvalue weighted by atomic mass is 32.1. The fourth-order valence-electron chi connectivity index (χ4n) is 2.05. The smallest absolute Gasteiger partial charge is 0.310 e. The molecule has 0 spiro atoms. The Balaban J connectivity index is 4.25. The van der Waals surface area contributed by atoms with E-state index in [0.29, 0.717) is 12.3 Å². The Labute approximate surface area is 173 Å². The van der Waals surface area contributed by atoms with E-state index in [0.717, 1.165) is 19.3 Å². The quantitative estimate of drug-likeness (QED) is 0.150. The Kier molecular flexibility index (Phi) is 14.2. The summed E-state index contributed by atoms with van der Waals surface area (Å²) in [5.41, 5.74) is 1.97. The lowest BCUT2D eigenvalue weighted by Gasteiger charge is -2.28. The molecule has 0 fully saturated rings. The summed E-state index contributed by atoms with van der Waals surface area (Å²) in [4.78, 5) is 35.3. The fourth-order valence-corrected chi connectivity index (χ4v) is 2.17. The summed E-state index contributed by atoms with van der Waals surface area (Å²) >= 11 is 3.99. The van der Waals surface area contributed by atoms with Crippen molar-refractivity contribution in [3.8, 4) is 0 Å². The van der Waals surface area contributed by atoms with E-state index in [9.17, 15) is 19.5 Å². The predicted molar refractivity (Wildman–Crippen MR) is 112 cm³/mol. The number of ether oxygens (including phenoxy) is 1. The molecule has 0 aliphatic rings. The Morgan fingerprint density at radius 3 is 2.57 bits per heavy atom. The highest BCUT2D eigenvalue weighted by molar-refractivity contribution is 7.80. The highest BCUT2D eigenvalue weighted by Crippen LogP contribution is 2.21. The van der Waals surface area contributed by atoms with Gasteiger partial charge in [-0.15, -0.1) is 5.73 Å². The van der Waals surface area contributed by atoms with Gasteiger partial charge in [0.15, 0.2) is 0 Å². The molecule has 8 heteroatoms. The number of nitrogens with one attached hydrogen (secondary N) is 2. The number of rotatable bonds is 14. The molecule has 0 aliphatic heterocycles. The van der Waals surface area contributed by atoms with Gasteiger partial charge in [0.25, 0.3) is 0 Å². The van der Waals surface area contributed by atoms with Crippen molar-refractivity contribution in [1.29, 1.82) is 0 Å². The maximum Gasteiger partial charge on any atom is 0.310 e. The summed E-state index contributed by atoms with van der Waals surface area (Å²) in [6.45, 7) is 5.83. The molecular formula is C20H34N2O5S. The van der Waals surface area contributed by atoms with Crippen molar-refractivity contribution in [3.63, 3.8) is 0 Å². The SMILES string of the molecule is CCCCC=C=CCC(=O)OCC(C)(C)[C@H](O)C(=O)NCCC(=O)NCCS. The number of hydrogen-bond acceptors (Lipinski definition) is 6. The van der Waals surface area contributed by atoms with E-state index in [1.165, 1.54) is 0 Å². The lowest BCUT2D eigenvalue weighted by molar-refractivity contribution is -0.152. The van der Waals surface area contributed by atoms with Crippen molar-refractivity contribution in [2.45, 2.75) is 59.0 Å². The van der Waals surface area contributed by atoms with Crippen molar-refractivity contribution >= 4 is 30.4 Å². The minimum atomic E-state index is -1.37. The summed E-state index contributed by atoms with van der Waals surface area (Å²) in [6, 6.07) is 0. The summed E-state index contributed by atoms with van der Waals surface area (Å²) in [5.74, 6) is -0.720. The van der Waals surface area contributed by atoms with Crippen LogP contribution in [0.4, 0.5) is 0 Å². The maximum absolute atomic E-state index is 12.1. The van der Waals surface area contributed by atoms with Gasteiger partial charge in [-0.2, -0.15) is 12.6 Å². The van der Waals surface area contributed by atoms with Crippen molar-refractivity contribution in [2.75, 3.05) is 25.4 Å². The van der Waals surface area contributed by atoms with E-state index in [1.54, 1.807) is 19.9 Å². The Morgan fingerprint density at radius 1 is 1.21 bits per heavy atom. The molecule has 0 unspecified atom stereocenters. The van der Waals surface area contributed by atoms with Gasteiger partial charge in [-0.1, -0.05) is 27.2 Å². The zero-order chi connectivity index (χ0) is 21.4. The van der Waals surface area contributed by atoms with Gasteiger partial charge < -0.3 is 20.5 Å². The number of unbranched alkanes of at least 4 members (excludes halogenated alkanes) is 2. The molecule has 0 aromatic carbocycles.